The van der Waals surface area contributed by atoms with Gasteiger partial charge in [0, 0.05) is 19.2 Å². The second-order valence-corrected chi connectivity index (χ2v) is 5.22. The average Bonchev–Trinajstić information content (AvgIpc) is 2.57. The second-order valence-electron chi connectivity index (χ2n) is 5.22. The molecule has 2 aromatic rings. The molecule has 0 unspecified atom stereocenters. The first kappa shape index (κ1) is 20.4. The number of nitrogens with one attached hydrogen (secondary N) is 1. The molecule has 2 rings (SSSR count). The zero-order chi connectivity index (χ0) is 16.5. The molecule has 0 aliphatic carbocycles. The number of methoxy groups -OCH3 is 1. The van der Waals surface area contributed by atoms with Crippen molar-refractivity contribution < 1.29 is 9.13 Å². The molecule has 2 aromatic carbocycles. The number of hydrogen-bond donors (Lipinski definition) is 2. The average molecular weight is 443 g/mol. The molecule has 24 heavy (non-hydrogen) atoms. The quantitative estimate of drug-likeness (QED) is 0.393. The predicted octanol–water partition coefficient (Wildman–Crippen LogP) is 3.24. The van der Waals surface area contributed by atoms with Gasteiger partial charge in [-0.2, -0.15) is 0 Å². The maximum Gasteiger partial charge on any atom is 0.188 e. The highest BCUT2D eigenvalue weighted by Gasteiger charge is 2.03. The first-order valence-corrected chi connectivity index (χ1v) is 7.53. The summed E-state index contributed by atoms with van der Waals surface area (Å²) in [6.45, 7) is 1.37. The Labute approximate surface area is 159 Å². The topological polar surface area (TPSA) is 59.6 Å². The third kappa shape index (κ3) is 6.84. The number of guanidine groups is 1. The molecular weight excluding hydrogens is 420 g/mol. The van der Waals surface area contributed by atoms with E-state index in [1.54, 1.807) is 19.2 Å². The number of nitrogens with zero attached hydrogens (tertiary/aromatic N) is 1. The van der Waals surface area contributed by atoms with E-state index in [0.29, 0.717) is 18.1 Å². The SMILES string of the molecule is COCc1cc(CN=C(N)NCCc2ccccc2)ccc1F.I. The van der Waals surface area contributed by atoms with Gasteiger partial charge in [-0.05, 0) is 29.7 Å². The van der Waals surface area contributed by atoms with E-state index >= 15 is 0 Å². The van der Waals surface area contributed by atoms with Crippen LogP contribution in [0.2, 0.25) is 0 Å². The number of nitrogens with two attached hydrogens (primary N) is 1. The lowest BCUT2D eigenvalue weighted by atomic mass is 10.1. The van der Waals surface area contributed by atoms with E-state index in [-0.39, 0.29) is 36.4 Å². The van der Waals surface area contributed by atoms with Gasteiger partial charge in [0.2, 0.25) is 0 Å². The molecule has 3 N–H and O–H groups in total. The molecule has 0 amide bonds. The van der Waals surface area contributed by atoms with Gasteiger partial charge >= 0.3 is 0 Å². The van der Waals surface area contributed by atoms with Gasteiger partial charge < -0.3 is 15.8 Å². The van der Waals surface area contributed by atoms with Crippen molar-refractivity contribution in [2.45, 2.75) is 19.6 Å². The molecule has 0 fully saturated rings. The summed E-state index contributed by atoms with van der Waals surface area (Å²) >= 11 is 0. The highest BCUT2D eigenvalue weighted by molar-refractivity contribution is 14.0. The Morgan fingerprint density at radius 2 is 1.92 bits per heavy atom. The molecule has 0 radical (unpaired) electrons. The maximum atomic E-state index is 13.5. The summed E-state index contributed by atoms with van der Waals surface area (Å²) in [5.41, 5.74) is 8.52. The van der Waals surface area contributed by atoms with Crippen molar-refractivity contribution in [3.8, 4) is 0 Å². The molecule has 0 aromatic heterocycles. The van der Waals surface area contributed by atoms with Gasteiger partial charge in [0.1, 0.15) is 5.82 Å². The zero-order valence-electron chi connectivity index (χ0n) is 13.7. The highest BCUT2D eigenvalue weighted by atomic mass is 127. The van der Waals surface area contributed by atoms with Crippen molar-refractivity contribution in [1.29, 1.82) is 0 Å². The largest absolute Gasteiger partial charge is 0.380 e. The fourth-order valence-corrected chi connectivity index (χ4v) is 2.20. The molecule has 0 aliphatic rings. The summed E-state index contributed by atoms with van der Waals surface area (Å²) in [7, 11) is 1.54. The Hall–Kier alpha value is -1.67. The van der Waals surface area contributed by atoms with E-state index in [1.807, 2.05) is 18.2 Å². The van der Waals surface area contributed by atoms with Crippen LogP contribution in [-0.2, 0) is 24.3 Å². The number of rotatable bonds is 7. The minimum atomic E-state index is -0.270. The van der Waals surface area contributed by atoms with Crippen molar-refractivity contribution >= 4 is 29.9 Å². The standard InChI is InChI=1S/C18H22FN3O.HI/c1-23-13-16-11-15(7-8-17(16)19)12-22-18(20)21-10-9-14-5-3-2-4-6-14;/h2-8,11H,9-10,12-13H2,1H3,(H3,20,21,22);1H. The molecule has 0 saturated carbocycles. The maximum absolute atomic E-state index is 13.5. The van der Waals surface area contributed by atoms with Crippen LogP contribution in [0.25, 0.3) is 0 Å². The van der Waals surface area contributed by atoms with Gasteiger partial charge in [0.25, 0.3) is 0 Å². The zero-order valence-corrected chi connectivity index (χ0v) is 16.0. The van der Waals surface area contributed by atoms with Crippen LogP contribution in [-0.4, -0.2) is 19.6 Å². The smallest absolute Gasteiger partial charge is 0.188 e. The van der Waals surface area contributed by atoms with E-state index < -0.39 is 0 Å². The predicted molar refractivity (Wildman–Crippen MR) is 106 cm³/mol. The van der Waals surface area contributed by atoms with E-state index in [9.17, 15) is 4.39 Å². The highest BCUT2D eigenvalue weighted by Crippen LogP contribution is 2.12. The lowest BCUT2D eigenvalue weighted by molar-refractivity contribution is 0.181. The van der Waals surface area contributed by atoms with Crippen molar-refractivity contribution in [2.75, 3.05) is 13.7 Å². The van der Waals surface area contributed by atoms with E-state index in [1.165, 1.54) is 11.6 Å². The van der Waals surface area contributed by atoms with Crippen molar-refractivity contribution in [3.05, 3.63) is 71.0 Å². The van der Waals surface area contributed by atoms with E-state index in [0.717, 1.165) is 18.5 Å². The number of halogens is 2. The van der Waals surface area contributed by atoms with Gasteiger partial charge in [-0.3, -0.25) is 0 Å². The number of hydrogen-bond acceptors (Lipinski definition) is 2. The van der Waals surface area contributed by atoms with Crippen LogP contribution in [0.4, 0.5) is 4.39 Å². The third-order valence-electron chi connectivity index (χ3n) is 3.40. The van der Waals surface area contributed by atoms with Crippen LogP contribution >= 0.6 is 24.0 Å². The summed E-state index contributed by atoms with van der Waals surface area (Å²) in [5, 5.41) is 3.08. The molecule has 0 heterocycles. The monoisotopic (exact) mass is 443 g/mol. The number of ether oxygens (including phenoxy) is 1. The summed E-state index contributed by atoms with van der Waals surface area (Å²) < 4.78 is 18.5. The van der Waals surface area contributed by atoms with Crippen LogP contribution in [0, 0.1) is 5.82 Å². The summed E-state index contributed by atoms with van der Waals surface area (Å²) in [6.07, 6.45) is 0.881. The van der Waals surface area contributed by atoms with Gasteiger partial charge in [0.15, 0.2) is 5.96 Å². The molecule has 0 bridgehead atoms. The van der Waals surface area contributed by atoms with Crippen molar-refractivity contribution in [2.24, 2.45) is 10.7 Å². The minimum absolute atomic E-state index is 0. The normalized spacial score (nSPS) is 11.0. The Bertz CT molecular complexity index is 650. The Morgan fingerprint density at radius 1 is 1.17 bits per heavy atom. The van der Waals surface area contributed by atoms with Crippen LogP contribution in [0.15, 0.2) is 53.5 Å². The Morgan fingerprint density at radius 3 is 2.62 bits per heavy atom. The van der Waals surface area contributed by atoms with Crippen molar-refractivity contribution in [1.82, 2.24) is 5.32 Å². The molecule has 130 valence electrons. The summed E-state index contributed by atoms with van der Waals surface area (Å²) in [4.78, 5) is 4.28. The van der Waals surface area contributed by atoms with E-state index in [4.69, 9.17) is 10.5 Å². The number of benzene rings is 2. The third-order valence-corrected chi connectivity index (χ3v) is 3.40. The molecule has 4 nitrogen and oxygen atoms in total. The summed E-state index contributed by atoms with van der Waals surface area (Å²) in [5.74, 6) is 0.118. The first-order valence-electron chi connectivity index (χ1n) is 7.53. The van der Waals surface area contributed by atoms with Gasteiger partial charge in [-0.15, -0.1) is 24.0 Å². The lowest BCUT2D eigenvalue weighted by Crippen LogP contribution is -2.33. The van der Waals surface area contributed by atoms with E-state index in [2.05, 4.69) is 22.4 Å². The molecular formula is C18H23FIN3O. The molecule has 0 aliphatic heterocycles. The van der Waals surface area contributed by atoms with Gasteiger partial charge in [0.05, 0.1) is 13.2 Å². The van der Waals surface area contributed by atoms with Crippen molar-refractivity contribution in [3.63, 3.8) is 0 Å². The Kier molecular flexibility index (Phi) is 9.33. The lowest BCUT2D eigenvalue weighted by Gasteiger charge is -2.07. The van der Waals surface area contributed by atoms with Crippen LogP contribution < -0.4 is 11.1 Å². The molecule has 0 saturated heterocycles. The summed E-state index contributed by atoms with van der Waals surface area (Å²) in [6, 6.07) is 15.0. The van der Waals surface area contributed by atoms with Gasteiger partial charge in [-0.25, -0.2) is 9.38 Å². The molecule has 0 spiro atoms. The Balaban J connectivity index is 0.00000288. The van der Waals surface area contributed by atoms with Crippen LogP contribution in [0.3, 0.4) is 0 Å². The number of aliphatic imine (C=N–C) groups is 1. The minimum Gasteiger partial charge on any atom is -0.380 e. The fraction of sp³-hybridized carbons (Fsp3) is 0.278. The van der Waals surface area contributed by atoms with Crippen LogP contribution in [0.1, 0.15) is 16.7 Å². The first-order chi connectivity index (χ1) is 11.2. The molecule has 6 heteroatoms. The second kappa shape index (κ2) is 11.0. The fourth-order valence-electron chi connectivity index (χ4n) is 2.20. The molecule has 0 atom stereocenters. The van der Waals surface area contributed by atoms with Gasteiger partial charge in [-0.1, -0.05) is 36.4 Å². The van der Waals surface area contributed by atoms with Crippen LogP contribution in [0.5, 0.6) is 0 Å².